The number of hydrogen-bond donors (Lipinski definition) is 0. The van der Waals surface area contributed by atoms with Gasteiger partial charge in [0.05, 0.1) is 33.8 Å². The van der Waals surface area contributed by atoms with Gasteiger partial charge in [-0.05, 0) is 114 Å². The molecule has 8 aromatic carbocycles. The van der Waals surface area contributed by atoms with Crippen LogP contribution in [0.4, 0.5) is 0 Å². The van der Waals surface area contributed by atoms with Crippen molar-refractivity contribution in [3.8, 4) is 45.0 Å². The van der Waals surface area contributed by atoms with Gasteiger partial charge in [-0.1, -0.05) is 140 Å². The van der Waals surface area contributed by atoms with Crippen molar-refractivity contribution in [3.05, 3.63) is 188 Å². The van der Waals surface area contributed by atoms with Crippen molar-refractivity contribution in [3.63, 3.8) is 0 Å². The summed E-state index contributed by atoms with van der Waals surface area (Å²) < 4.78 is 0. The predicted octanol–water partition coefficient (Wildman–Crippen LogP) is 13.5. The highest BCUT2D eigenvalue weighted by atomic mass is 14.8. The van der Waals surface area contributed by atoms with Crippen LogP contribution < -0.4 is 0 Å². The van der Waals surface area contributed by atoms with Crippen LogP contribution in [0.15, 0.2) is 188 Å². The maximum atomic E-state index is 5.34. The maximum Gasteiger partial charge on any atom is 0.0900 e. The Balaban J connectivity index is 1.19. The van der Waals surface area contributed by atoms with Gasteiger partial charge in [-0.2, -0.15) is 0 Å². The SMILES string of the molecule is c1ccc(-c2c3ccccc3c(-c3cc(-c4ccc5cc6ccccc6cc5n4)nc(-c4ccc5cc6ccccc6cc5n4)c3)c3ccccc23)cc1. The molecule has 3 heterocycles. The summed E-state index contributed by atoms with van der Waals surface area (Å²) in [6.07, 6.45) is 0. The number of pyridine rings is 3. The zero-order valence-corrected chi connectivity index (χ0v) is 29.2. The Morgan fingerprint density at radius 3 is 1.09 bits per heavy atom. The fraction of sp³-hybridized carbons (Fsp3) is 0. The summed E-state index contributed by atoms with van der Waals surface area (Å²) in [5, 5.41) is 11.7. The lowest BCUT2D eigenvalue weighted by atomic mass is 9.85. The topological polar surface area (TPSA) is 38.7 Å². The number of rotatable bonds is 4. The van der Waals surface area contributed by atoms with E-state index in [-0.39, 0.29) is 0 Å². The smallest absolute Gasteiger partial charge is 0.0900 e. The molecule has 0 atom stereocenters. The van der Waals surface area contributed by atoms with E-state index in [1.54, 1.807) is 0 Å². The quantitative estimate of drug-likeness (QED) is 0.173. The highest BCUT2D eigenvalue weighted by Gasteiger charge is 2.19. The van der Waals surface area contributed by atoms with Crippen LogP contribution in [-0.2, 0) is 0 Å². The van der Waals surface area contributed by atoms with E-state index < -0.39 is 0 Å². The van der Waals surface area contributed by atoms with Gasteiger partial charge in [-0.15, -0.1) is 0 Å². The lowest BCUT2D eigenvalue weighted by Gasteiger charge is -2.18. The molecule has 0 spiro atoms. The van der Waals surface area contributed by atoms with Gasteiger partial charge >= 0.3 is 0 Å². The van der Waals surface area contributed by atoms with Crippen LogP contribution in [0.3, 0.4) is 0 Å². The second-order valence-corrected chi connectivity index (χ2v) is 14.0. The Kier molecular flexibility index (Phi) is 6.86. The summed E-state index contributed by atoms with van der Waals surface area (Å²) in [4.78, 5) is 15.8. The second kappa shape index (κ2) is 12.2. The average Bonchev–Trinajstić information content (AvgIpc) is 3.23. The van der Waals surface area contributed by atoms with Crippen LogP contribution in [0, 0.1) is 0 Å². The third kappa shape index (κ3) is 5.02. The molecule has 0 aliphatic carbocycles. The zero-order chi connectivity index (χ0) is 35.6. The number of fused-ring (bicyclic) bond motifs is 6. The largest absolute Gasteiger partial charge is 0.246 e. The first-order chi connectivity index (χ1) is 26.7. The van der Waals surface area contributed by atoms with Gasteiger partial charge in [0, 0.05) is 10.8 Å². The molecule has 0 saturated heterocycles. The summed E-state index contributed by atoms with van der Waals surface area (Å²) in [6, 6.07) is 66.9. The monoisotopic (exact) mass is 685 g/mol. The van der Waals surface area contributed by atoms with Gasteiger partial charge in [-0.25, -0.2) is 15.0 Å². The molecule has 0 bridgehead atoms. The molecule has 0 saturated carbocycles. The molecule has 0 amide bonds. The first kappa shape index (κ1) is 30.4. The van der Waals surface area contributed by atoms with Gasteiger partial charge < -0.3 is 0 Å². The van der Waals surface area contributed by atoms with Crippen molar-refractivity contribution in [2.24, 2.45) is 0 Å². The lowest BCUT2D eigenvalue weighted by Crippen LogP contribution is -1.97. The van der Waals surface area contributed by atoms with Crippen molar-refractivity contribution in [2.45, 2.75) is 0 Å². The van der Waals surface area contributed by atoms with E-state index in [1.165, 1.54) is 59.8 Å². The Bertz CT molecular complexity index is 3080. The van der Waals surface area contributed by atoms with E-state index in [1.807, 2.05) is 0 Å². The summed E-state index contributed by atoms with van der Waals surface area (Å²) in [5.41, 5.74) is 9.82. The minimum atomic E-state index is 0.804. The van der Waals surface area contributed by atoms with Gasteiger partial charge in [0.2, 0.25) is 0 Å². The van der Waals surface area contributed by atoms with E-state index in [0.717, 1.165) is 50.1 Å². The number of hydrogen-bond acceptors (Lipinski definition) is 3. The highest BCUT2D eigenvalue weighted by molar-refractivity contribution is 6.21. The second-order valence-electron chi connectivity index (χ2n) is 14.0. The third-order valence-corrected chi connectivity index (χ3v) is 10.7. The Hall–Kier alpha value is -7.23. The van der Waals surface area contributed by atoms with E-state index >= 15 is 0 Å². The molecule has 0 N–H and O–H groups in total. The van der Waals surface area contributed by atoms with E-state index in [2.05, 4.69) is 188 Å². The number of nitrogens with zero attached hydrogens (tertiary/aromatic N) is 3. The lowest BCUT2D eigenvalue weighted by molar-refractivity contribution is 1.25. The molecular weight excluding hydrogens is 655 g/mol. The van der Waals surface area contributed by atoms with Gasteiger partial charge in [0.25, 0.3) is 0 Å². The molecule has 3 aromatic heterocycles. The summed E-state index contributed by atoms with van der Waals surface area (Å²) in [7, 11) is 0. The molecule has 11 rings (SSSR count). The van der Waals surface area contributed by atoms with Crippen molar-refractivity contribution < 1.29 is 0 Å². The van der Waals surface area contributed by atoms with Gasteiger partial charge in [0.15, 0.2) is 0 Å². The molecule has 250 valence electrons. The molecule has 3 nitrogen and oxygen atoms in total. The molecule has 11 aromatic rings. The highest BCUT2D eigenvalue weighted by Crippen LogP contribution is 2.44. The summed E-state index contributed by atoms with van der Waals surface area (Å²) in [6.45, 7) is 0. The minimum absolute atomic E-state index is 0.804. The van der Waals surface area contributed by atoms with Crippen LogP contribution in [0.2, 0.25) is 0 Å². The zero-order valence-electron chi connectivity index (χ0n) is 29.2. The normalized spacial score (nSPS) is 11.7. The van der Waals surface area contributed by atoms with Crippen LogP contribution in [-0.4, -0.2) is 15.0 Å². The van der Waals surface area contributed by atoms with Crippen LogP contribution in [0.1, 0.15) is 0 Å². The standard InChI is InChI=1S/C51H31N3/c1-2-12-32(13-3-1)50-40-18-8-10-20-42(40)51(43-21-11-9-19-41(43)50)39-30-48(44-24-22-37-26-33-14-4-6-16-35(33)28-46(37)52-44)54-49(31-39)45-25-23-38-27-34-15-5-7-17-36(34)29-47(38)53-45/h1-31H. The molecule has 0 fully saturated rings. The number of benzene rings is 8. The van der Waals surface area contributed by atoms with Gasteiger partial charge in [0.1, 0.15) is 0 Å². The Morgan fingerprint density at radius 1 is 0.241 bits per heavy atom. The first-order valence-electron chi connectivity index (χ1n) is 18.3. The Labute approximate surface area is 311 Å². The van der Waals surface area contributed by atoms with E-state index in [4.69, 9.17) is 15.0 Å². The molecule has 0 aliphatic heterocycles. The van der Waals surface area contributed by atoms with Crippen molar-refractivity contribution in [1.82, 2.24) is 15.0 Å². The first-order valence-corrected chi connectivity index (χ1v) is 18.3. The van der Waals surface area contributed by atoms with Crippen molar-refractivity contribution >= 4 is 64.9 Å². The summed E-state index contributed by atoms with van der Waals surface area (Å²) in [5.74, 6) is 0. The van der Waals surface area contributed by atoms with Crippen molar-refractivity contribution in [1.29, 1.82) is 0 Å². The predicted molar refractivity (Wildman–Crippen MR) is 227 cm³/mol. The fourth-order valence-electron chi connectivity index (χ4n) is 8.20. The molecular formula is C51H31N3. The maximum absolute atomic E-state index is 5.34. The third-order valence-electron chi connectivity index (χ3n) is 10.7. The summed E-state index contributed by atoms with van der Waals surface area (Å²) >= 11 is 0. The molecule has 0 aliphatic rings. The Morgan fingerprint density at radius 2 is 0.630 bits per heavy atom. The minimum Gasteiger partial charge on any atom is -0.246 e. The number of aromatic nitrogens is 3. The van der Waals surface area contributed by atoms with E-state index in [0.29, 0.717) is 0 Å². The molecule has 3 heteroatoms. The van der Waals surface area contributed by atoms with Crippen LogP contribution >= 0.6 is 0 Å². The molecule has 54 heavy (non-hydrogen) atoms. The van der Waals surface area contributed by atoms with Crippen LogP contribution in [0.5, 0.6) is 0 Å². The fourth-order valence-corrected chi connectivity index (χ4v) is 8.20. The average molecular weight is 686 g/mol. The van der Waals surface area contributed by atoms with Gasteiger partial charge in [-0.3, -0.25) is 0 Å². The van der Waals surface area contributed by atoms with Crippen molar-refractivity contribution in [2.75, 3.05) is 0 Å². The molecule has 0 radical (unpaired) electrons. The van der Waals surface area contributed by atoms with Crippen LogP contribution in [0.25, 0.3) is 110 Å². The molecule has 0 unspecified atom stereocenters. The van der Waals surface area contributed by atoms with E-state index in [9.17, 15) is 0 Å².